The van der Waals surface area contributed by atoms with Gasteiger partial charge < -0.3 is 4.98 Å². The standard InChI is InChI=1S/C14H12N4O/c19-14-17-12-7-11(9-3-5-15-6-4-9)16-8-13(12)18(14)10-1-2-10/h3-8,10H,1-2H2,(H,17,19). The third-order valence-corrected chi connectivity index (χ3v) is 3.49. The summed E-state index contributed by atoms with van der Waals surface area (Å²) in [6.07, 6.45) is 7.41. The minimum absolute atomic E-state index is 0.0359. The molecule has 1 fully saturated rings. The van der Waals surface area contributed by atoms with Gasteiger partial charge in [-0.15, -0.1) is 0 Å². The first-order valence-electron chi connectivity index (χ1n) is 6.33. The molecule has 3 heterocycles. The second-order valence-electron chi connectivity index (χ2n) is 4.85. The molecule has 0 bridgehead atoms. The number of nitrogens with zero attached hydrogens (tertiary/aromatic N) is 3. The van der Waals surface area contributed by atoms with Crippen LogP contribution in [0.1, 0.15) is 18.9 Å². The summed E-state index contributed by atoms with van der Waals surface area (Å²) in [5, 5.41) is 0. The van der Waals surface area contributed by atoms with Crippen molar-refractivity contribution in [3.63, 3.8) is 0 Å². The van der Waals surface area contributed by atoms with E-state index in [4.69, 9.17) is 0 Å². The van der Waals surface area contributed by atoms with Gasteiger partial charge in [0.1, 0.15) is 0 Å². The highest BCUT2D eigenvalue weighted by atomic mass is 16.1. The molecule has 19 heavy (non-hydrogen) atoms. The Morgan fingerprint density at radius 1 is 1.26 bits per heavy atom. The fourth-order valence-corrected chi connectivity index (χ4v) is 2.40. The van der Waals surface area contributed by atoms with E-state index in [0.29, 0.717) is 6.04 Å². The highest BCUT2D eigenvalue weighted by Gasteiger charge is 2.27. The van der Waals surface area contributed by atoms with Crippen molar-refractivity contribution in [2.75, 3.05) is 0 Å². The lowest BCUT2D eigenvalue weighted by molar-refractivity contribution is 0.732. The average molecular weight is 252 g/mol. The number of imidazole rings is 1. The zero-order valence-electron chi connectivity index (χ0n) is 10.2. The van der Waals surface area contributed by atoms with Gasteiger partial charge in [0.15, 0.2) is 0 Å². The molecule has 0 radical (unpaired) electrons. The summed E-state index contributed by atoms with van der Waals surface area (Å²) in [6.45, 7) is 0. The van der Waals surface area contributed by atoms with Crippen LogP contribution in [0.3, 0.4) is 0 Å². The van der Waals surface area contributed by atoms with Crippen LogP contribution in [0.15, 0.2) is 41.6 Å². The lowest BCUT2D eigenvalue weighted by Gasteiger charge is -2.02. The smallest absolute Gasteiger partial charge is 0.305 e. The van der Waals surface area contributed by atoms with Crippen LogP contribution in [-0.2, 0) is 0 Å². The zero-order valence-corrected chi connectivity index (χ0v) is 10.2. The van der Waals surface area contributed by atoms with Gasteiger partial charge >= 0.3 is 5.69 Å². The van der Waals surface area contributed by atoms with Crippen LogP contribution in [0, 0.1) is 0 Å². The number of aromatic amines is 1. The minimum atomic E-state index is -0.0359. The first-order valence-corrected chi connectivity index (χ1v) is 6.33. The number of fused-ring (bicyclic) bond motifs is 1. The molecule has 1 aliphatic carbocycles. The van der Waals surface area contributed by atoms with Crippen LogP contribution in [0.25, 0.3) is 22.3 Å². The van der Waals surface area contributed by atoms with E-state index in [9.17, 15) is 4.79 Å². The molecule has 3 aromatic heterocycles. The maximum Gasteiger partial charge on any atom is 0.326 e. The molecule has 0 aliphatic heterocycles. The monoisotopic (exact) mass is 252 g/mol. The maximum atomic E-state index is 11.9. The van der Waals surface area contributed by atoms with Gasteiger partial charge in [-0.25, -0.2) is 4.79 Å². The predicted octanol–water partition coefficient (Wildman–Crippen LogP) is 2.12. The van der Waals surface area contributed by atoms with Crippen LogP contribution in [0.5, 0.6) is 0 Å². The Hall–Kier alpha value is -2.43. The summed E-state index contributed by atoms with van der Waals surface area (Å²) in [6, 6.07) is 6.09. The highest BCUT2D eigenvalue weighted by molar-refractivity contribution is 5.79. The number of aromatic nitrogens is 4. The van der Waals surface area contributed by atoms with E-state index in [1.807, 2.05) is 22.8 Å². The number of hydrogen-bond donors (Lipinski definition) is 1. The van der Waals surface area contributed by atoms with Crippen molar-refractivity contribution in [1.29, 1.82) is 0 Å². The summed E-state index contributed by atoms with van der Waals surface area (Å²) < 4.78 is 1.82. The lowest BCUT2D eigenvalue weighted by Crippen LogP contribution is -2.14. The van der Waals surface area contributed by atoms with Gasteiger partial charge in [0, 0.05) is 24.0 Å². The Morgan fingerprint density at radius 2 is 2.05 bits per heavy atom. The van der Waals surface area contributed by atoms with Crippen LogP contribution in [-0.4, -0.2) is 19.5 Å². The number of hydrogen-bond acceptors (Lipinski definition) is 3. The van der Waals surface area contributed by atoms with Gasteiger partial charge in [0.2, 0.25) is 0 Å². The number of rotatable bonds is 2. The summed E-state index contributed by atoms with van der Waals surface area (Å²) in [5.74, 6) is 0. The number of nitrogens with one attached hydrogen (secondary N) is 1. The Balaban J connectivity index is 1.91. The molecule has 4 rings (SSSR count). The van der Waals surface area contributed by atoms with Crippen molar-refractivity contribution < 1.29 is 0 Å². The molecule has 1 aliphatic rings. The SMILES string of the molecule is O=c1[nH]c2cc(-c3ccncc3)ncc2n1C1CC1. The molecule has 0 amide bonds. The molecule has 5 heteroatoms. The van der Waals surface area contributed by atoms with Crippen molar-refractivity contribution in [2.45, 2.75) is 18.9 Å². The van der Waals surface area contributed by atoms with Gasteiger partial charge in [-0.05, 0) is 31.0 Å². The van der Waals surface area contributed by atoms with E-state index >= 15 is 0 Å². The first-order chi connectivity index (χ1) is 9.33. The first kappa shape index (κ1) is 10.5. The Labute approximate surface area is 108 Å². The minimum Gasteiger partial charge on any atom is -0.305 e. The molecule has 5 nitrogen and oxygen atoms in total. The Morgan fingerprint density at radius 3 is 2.79 bits per heavy atom. The molecule has 1 N–H and O–H groups in total. The fraction of sp³-hybridized carbons (Fsp3) is 0.214. The van der Waals surface area contributed by atoms with E-state index < -0.39 is 0 Å². The van der Waals surface area contributed by atoms with E-state index in [2.05, 4.69) is 15.0 Å². The van der Waals surface area contributed by atoms with Crippen LogP contribution in [0.4, 0.5) is 0 Å². The normalized spacial score (nSPS) is 14.9. The van der Waals surface area contributed by atoms with Crippen molar-refractivity contribution in [2.24, 2.45) is 0 Å². The van der Waals surface area contributed by atoms with E-state index in [1.54, 1.807) is 18.6 Å². The van der Waals surface area contributed by atoms with Crippen molar-refractivity contribution in [1.82, 2.24) is 19.5 Å². The summed E-state index contributed by atoms with van der Waals surface area (Å²) in [7, 11) is 0. The molecule has 0 aromatic carbocycles. The van der Waals surface area contributed by atoms with Gasteiger partial charge in [0.25, 0.3) is 0 Å². The van der Waals surface area contributed by atoms with Crippen molar-refractivity contribution >= 4 is 11.0 Å². The molecule has 0 unspecified atom stereocenters. The molecule has 0 saturated heterocycles. The highest BCUT2D eigenvalue weighted by Crippen LogP contribution is 2.35. The van der Waals surface area contributed by atoms with Crippen molar-refractivity contribution in [3.05, 3.63) is 47.3 Å². The van der Waals surface area contributed by atoms with Crippen LogP contribution < -0.4 is 5.69 Å². The quantitative estimate of drug-likeness (QED) is 0.759. The van der Waals surface area contributed by atoms with Crippen molar-refractivity contribution in [3.8, 4) is 11.3 Å². The van der Waals surface area contributed by atoms with Gasteiger partial charge in [-0.2, -0.15) is 0 Å². The third kappa shape index (κ3) is 1.66. The van der Waals surface area contributed by atoms with Gasteiger partial charge in [-0.3, -0.25) is 14.5 Å². The Bertz CT molecular complexity index is 799. The summed E-state index contributed by atoms with van der Waals surface area (Å²) in [5.41, 5.74) is 3.55. The van der Waals surface area contributed by atoms with Gasteiger partial charge in [0.05, 0.1) is 22.9 Å². The molecule has 94 valence electrons. The molecular formula is C14H12N4O. The lowest BCUT2D eigenvalue weighted by atomic mass is 10.2. The molecule has 3 aromatic rings. The largest absolute Gasteiger partial charge is 0.326 e. The average Bonchev–Trinajstić information content (AvgIpc) is 3.21. The van der Waals surface area contributed by atoms with Gasteiger partial charge in [-0.1, -0.05) is 0 Å². The fourth-order valence-electron chi connectivity index (χ4n) is 2.40. The topological polar surface area (TPSA) is 63.6 Å². The zero-order chi connectivity index (χ0) is 12.8. The molecule has 0 atom stereocenters. The van der Waals surface area contributed by atoms with Crippen LogP contribution >= 0.6 is 0 Å². The maximum absolute atomic E-state index is 11.9. The third-order valence-electron chi connectivity index (χ3n) is 3.49. The Kier molecular flexibility index (Phi) is 2.09. The van der Waals surface area contributed by atoms with E-state index in [1.165, 1.54) is 0 Å². The molecule has 0 spiro atoms. The number of pyridine rings is 2. The molecular weight excluding hydrogens is 240 g/mol. The number of H-pyrrole nitrogens is 1. The summed E-state index contributed by atoms with van der Waals surface area (Å²) >= 11 is 0. The van der Waals surface area contributed by atoms with Crippen LogP contribution in [0.2, 0.25) is 0 Å². The molecule has 1 saturated carbocycles. The van der Waals surface area contributed by atoms with E-state index in [-0.39, 0.29) is 5.69 Å². The second-order valence-corrected chi connectivity index (χ2v) is 4.85. The summed E-state index contributed by atoms with van der Waals surface area (Å²) in [4.78, 5) is 23.3. The predicted molar refractivity (Wildman–Crippen MR) is 71.9 cm³/mol. The second kappa shape index (κ2) is 3.78. The van der Waals surface area contributed by atoms with E-state index in [0.717, 1.165) is 35.1 Å².